The summed E-state index contributed by atoms with van der Waals surface area (Å²) in [6.45, 7) is 13.5. The number of anilines is 5. The molecule has 0 unspecified atom stereocenters. The van der Waals surface area contributed by atoms with E-state index < -0.39 is 7.92 Å². The molecule has 4 aromatic rings. The number of fused-ring (bicyclic) bond motifs is 1. The fraction of sp³-hybridized carbons (Fsp3) is 0.417. The number of nitrogens with one attached hydrogen (secondary N) is 2. The quantitative estimate of drug-likeness (QED) is 0.151. The molecule has 246 valence electrons. The van der Waals surface area contributed by atoms with Crippen molar-refractivity contribution < 1.29 is 4.74 Å². The van der Waals surface area contributed by atoms with Gasteiger partial charge < -0.3 is 25.2 Å². The molecule has 2 fully saturated rings. The zero-order valence-corrected chi connectivity index (χ0v) is 30.5. The first kappa shape index (κ1) is 33.4. The molecule has 2 aliphatic rings. The van der Waals surface area contributed by atoms with Crippen LogP contribution >= 0.6 is 23.9 Å². The molecule has 2 aromatic heterocycles. The molecule has 6 rings (SSSR count). The average molecular weight is 716 g/mol. The first-order valence-corrected chi connectivity index (χ1v) is 19.3. The van der Waals surface area contributed by atoms with E-state index in [1.54, 1.807) is 13.3 Å². The Kier molecular flexibility index (Phi) is 10.5. The minimum atomic E-state index is -0.466. The lowest BCUT2D eigenvalue weighted by Crippen LogP contribution is -2.52. The molecular formula is C36H44BrN8OP. The number of hydrogen-bond donors (Lipinski definition) is 2. The van der Waals surface area contributed by atoms with Crippen LogP contribution < -0.4 is 25.6 Å². The highest BCUT2D eigenvalue weighted by Gasteiger charge is 2.28. The van der Waals surface area contributed by atoms with Crippen molar-refractivity contribution in [3.63, 3.8) is 0 Å². The van der Waals surface area contributed by atoms with Gasteiger partial charge in [-0.2, -0.15) is 4.98 Å². The number of terminal acetylenes is 1. The minimum Gasteiger partial charge on any atom is -0.494 e. The third-order valence-electron chi connectivity index (χ3n) is 9.32. The lowest BCUT2D eigenvalue weighted by Gasteiger charge is -2.43. The first-order valence-electron chi connectivity index (χ1n) is 16.3. The molecule has 0 radical (unpaired) electrons. The normalized spacial score (nSPS) is 16.4. The number of likely N-dealkylation sites (N-methyl/N-ethyl adjacent to an activating group) is 1. The van der Waals surface area contributed by atoms with Gasteiger partial charge in [-0.1, -0.05) is 20.8 Å². The number of piperidine rings is 1. The maximum atomic E-state index is 5.93. The molecule has 0 saturated carbocycles. The summed E-state index contributed by atoms with van der Waals surface area (Å²) in [5.74, 6) is 4.57. The molecular weight excluding hydrogens is 671 g/mol. The summed E-state index contributed by atoms with van der Waals surface area (Å²) in [5.41, 5.74) is 5.90. The van der Waals surface area contributed by atoms with E-state index in [-0.39, 0.29) is 0 Å². The van der Waals surface area contributed by atoms with Crippen molar-refractivity contribution in [2.45, 2.75) is 32.2 Å². The molecule has 11 heteroatoms. The van der Waals surface area contributed by atoms with Crippen LogP contribution in [0.25, 0.3) is 10.9 Å². The summed E-state index contributed by atoms with van der Waals surface area (Å²) >= 11 is 3.66. The molecule has 47 heavy (non-hydrogen) atoms. The summed E-state index contributed by atoms with van der Waals surface area (Å²) in [7, 11) is 3.48. The van der Waals surface area contributed by atoms with Gasteiger partial charge in [-0.3, -0.25) is 4.90 Å². The van der Waals surface area contributed by atoms with E-state index >= 15 is 0 Å². The van der Waals surface area contributed by atoms with E-state index in [9.17, 15) is 0 Å². The zero-order valence-electron chi connectivity index (χ0n) is 28.0. The zero-order chi connectivity index (χ0) is 33.1. The van der Waals surface area contributed by atoms with Gasteiger partial charge in [0.15, 0.2) is 0 Å². The van der Waals surface area contributed by atoms with Crippen LogP contribution in [0.2, 0.25) is 0 Å². The first-order chi connectivity index (χ1) is 22.8. The Balaban J connectivity index is 1.22. The summed E-state index contributed by atoms with van der Waals surface area (Å²) < 4.78 is 6.69. The lowest BCUT2D eigenvalue weighted by molar-refractivity contribution is 0.0982. The van der Waals surface area contributed by atoms with Crippen molar-refractivity contribution in [1.29, 1.82) is 0 Å². The molecule has 2 saturated heterocycles. The predicted octanol–water partition coefficient (Wildman–Crippen LogP) is 6.41. The third kappa shape index (κ3) is 7.34. The number of piperazine rings is 1. The van der Waals surface area contributed by atoms with E-state index in [4.69, 9.17) is 16.1 Å². The number of hydrogen-bond acceptors (Lipinski definition) is 9. The Bertz CT molecular complexity index is 1780. The second-order valence-electron chi connectivity index (χ2n) is 12.5. The fourth-order valence-electron chi connectivity index (χ4n) is 6.73. The largest absolute Gasteiger partial charge is 0.494 e. The fourth-order valence-corrected chi connectivity index (χ4v) is 8.30. The van der Waals surface area contributed by atoms with Crippen molar-refractivity contribution in [3.8, 4) is 18.1 Å². The molecule has 4 heterocycles. The third-order valence-corrected chi connectivity index (χ3v) is 11.3. The van der Waals surface area contributed by atoms with Gasteiger partial charge in [-0.15, -0.1) is 6.42 Å². The van der Waals surface area contributed by atoms with Crippen LogP contribution in [0.3, 0.4) is 0 Å². The van der Waals surface area contributed by atoms with E-state index in [2.05, 4.69) is 109 Å². The van der Waals surface area contributed by atoms with Crippen molar-refractivity contribution in [3.05, 3.63) is 58.3 Å². The highest BCUT2D eigenvalue weighted by atomic mass is 79.9. The number of aromatic nitrogens is 3. The van der Waals surface area contributed by atoms with Gasteiger partial charge in [0.2, 0.25) is 5.95 Å². The Morgan fingerprint density at radius 1 is 1.00 bits per heavy atom. The van der Waals surface area contributed by atoms with Crippen LogP contribution in [0, 0.1) is 12.3 Å². The van der Waals surface area contributed by atoms with Gasteiger partial charge in [0.25, 0.3) is 0 Å². The summed E-state index contributed by atoms with van der Waals surface area (Å²) in [5, 5.41) is 9.33. The van der Waals surface area contributed by atoms with Gasteiger partial charge in [-0.05, 0) is 91.5 Å². The molecule has 0 aliphatic carbocycles. The van der Waals surface area contributed by atoms with Crippen molar-refractivity contribution in [2.24, 2.45) is 0 Å². The summed E-state index contributed by atoms with van der Waals surface area (Å²) in [6, 6.07) is 13.1. The van der Waals surface area contributed by atoms with Gasteiger partial charge in [0, 0.05) is 79.6 Å². The highest BCUT2D eigenvalue weighted by Crippen LogP contribution is 2.38. The second-order valence-corrected chi connectivity index (χ2v) is 15.6. The average Bonchev–Trinajstić information content (AvgIpc) is 3.09. The van der Waals surface area contributed by atoms with Gasteiger partial charge in [-0.25, -0.2) is 9.97 Å². The van der Waals surface area contributed by atoms with E-state index in [1.165, 1.54) is 55.6 Å². The molecule has 0 amide bonds. The van der Waals surface area contributed by atoms with Crippen LogP contribution in [0.15, 0.2) is 47.1 Å². The molecule has 9 nitrogen and oxygen atoms in total. The standard InChI is InChI=1S/C36H44BrN8OP/c1-7-24-21-31(33(46-4)22-32(24)45-15-13-26(14-16-45)44-19-17-43(3)18-20-44)41-36-38-23-28(37)35(42-36)40-30-12-11-29-27(34(30)47(5)6)10-9-25(8-2)39-29/h2,9-12,21-23,26H,7,13-20H2,1,3-6H3,(H2,38,40,41,42). The molecule has 0 bridgehead atoms. The summed E-state index contributed by atoms with van der Waals surface area (Å²) in [4.78, 5) is 21.8. The van der Waals surface area contributed by atoms with E-state index in [1.807, 2.05) is 12.1 Å². The van der Waals surface area contributed by atoms with Gasteiger partial charge in [0.05, 0.1) is 22.8 Å². The predicted molar refractivity (Wildman–Crippen MR) is 201 cm³/mol. The van der Waals surface area contributed by atoms with Crippen molar-refractivity contribution in [2.75, 3.05) is 82.3 Å². The number of ether oxygens (including phenoxy) is 1. The number of rotatable bonds is 9. The van der Waals surface area contributed by atoms with Crippen LogP contribution in [0.1, 0.15) is 31.0 Å². The smallest absolute Gasteiger partial charge is 0.229 e. The van der Waals surface area contributed by atoms with Crippen LogP contribution in [0.5, 0.6) is 5.75 Å². The second kappa shape index (κ2) is 14.7. The van der Waals surface area contributed by atoms with Crippen molar-refractivity contribution >= 4 is 68.9 Å². The topological polar surface area (TPSA) is 81.7 Å². The molecule has 2 aliphatic heterocycles. The Morgan fingerprint density at radius 3 is 2.45 bits per heavy atom. The molecule has 0 spiro atoms. The maximum absolute atomic E-state index is 5.93. The monoisotopic (exact) mass is 714 g/mol. The number of methoxy groups -OCH3 is 1. The number of pyridine rings is 1. The number of benzene rings is 2. The molecule has 2 N–H and O–H groups in total. The number of nitrogens with zero attached hydrogens (tertiary/aromatic N) is 6. The minimum absolute atomic E-state index is 0.466. The SMILES string of the molecule is C#Cc1ccc2c(P(C)C)c(Nc3nc(Nc4cc(CC)c(N5CCC(N6CCN(C)CC6)CC5)cc4OC)ncc3Br)ccc2n1. The maximum Gasteiger partial charge on any atom is 0.229 e. The van der Waals surface area contributed by atoms with Crippen LogP contribution in [-0.4, -0.2) is 97.5 Å². The van der Waals surface area contributed by atoms with E-state index in [0.717, 1.165) is 52.0 Å². The van der Waals surface area contributed by atoms with Crippen molar-refractivity contribution in [1.82, 2.24) is 24.8 Å². The summed E-state index contributed by atoms with van der Waals surface area (Å²) in [6.07, 6.45) is 10.7. The Labute approximate surface area is 288 Å². The molecule has 0 atom stereocenters. The Morgan fingerprint density at radius 2 is 1.77 bits per heavy atom. The van der Waals surface area contributed by atoms with Crippen LogP contribution in [-0.2, 0) is 6.42 Å². The molecule has 2 aromatic carbocycles. The number of aryl methyl sites for hydroxylation is 1. The Hall–Kier alpha value is -3.48. The lowest BCUT2D eigenvalue weighted by atomic mass is 9.99. The van der Waals surface area contributed by atoms with Crippen LogP contribution in [0.4, 0.5) is 28.8 Å². The number of halogens is 1. The highest BCUT2D eigenvalue weighted by molar-refractivity contribution is 9.10. The van der Waals surface area contributed by atoms with Gasteiger partial charge in [0.1, 0.15) is 17.3 Å². The van der Waals surface area contributed by atoms with Gasteiger partial charge >= 0.3 is 0 Å². The van der Waals surface area contributed by atoms with E-state index in [0.29, 0.717) is 23.5 Å².